The van der Waals surface area contributed by atoms with Gasteiger partial charge in [-0.05, 0) is 80.4 Å². The standard InChI is InChI=1S/C23H23NO5S/c1-15-5-7-18(8-6-15)23(25)24-21-13-17(3)22(14-16(21)2)29-30(26,27)20-11-9-19(28-4)10-12-20/h5-14H,1-4H3,(H,24,25). The number of rotatable bonds is 6. The van der Waals surface area contributed by atoms with Gasteiger partial charge in [-0.3, -0.25) is 4.79 Å². The maximum Gasteiger partial charge on any atom is 0.339 e. The number of anilines is 1. The van der Waals surface area contributed by atoms with E-state index in [0.717, 1.165) is 5.56 Å². The summed E-state index contributed by atoms with van der Waals surface area (Å²) in [5.41, 5.74) is 3.46. The molecule has 0 aliphatic carbocycles. The van der Waals surface area contributed by atoms with Gasteiger partial charge in [0.2, 0.25) is 0 Å². The van der Waals surface area contributed by atoms with Gasteiger partial charge in [0, 0.05) is 11.3 Å². The Labute approximate surface area is 176 Å². The second-order valence-corrected chi connectivity index (χ2v) is 8.51. The highest BCUT2D eigenvalue weighted by Crippen LogP contribution is 2.29. The predicted octanol–water partition coefficient (Wildman–Crippen LogP) is 4.64. The highest BCUT2D eigenvalue weighted by molar-refractivity contribution is 7.87. The van der Waals surface area contributed by atoms with Crippen molar-refractivity contribution in [2.24, 2.45) is 0 Å². The average Bonchev–Trinajstić information content (AvgIpc) is 2.72. The van der Waals surface area contributed by atoms with E-state index in [4.69, 9.17) is 8.92 Å². The lowest BCUT2D eigenvalue weighted by Crippen LogP contribution is -2.14. The molecule has 3 aromatic rings. The van der Waals surface area contributed by atoms with E-state index in [1.807, 2.05) is 19.1 Å². The van der Waals surface area contributed by atoms with Gasteiger partial charge in [-0.25, -0.2) is 0 Å². The number of aryl methyl sites for hydroxylation is 3. The molecule has 7 heteroatoms. The monoisotopic (exact) mass is 425 g/mol. The van der Waals surface area contributed by atoms with Crippen LogP contribution in [-0.2, 0) is 10.1 Å². The van der Waals surface area contributed by atoms with E-state index >= 15 is 0 Å². The van der Waals surface area contributed by atoms with Crippen LogP contribution < -0.4 is 14.2 Å². The van der Waals surface area contributed by atoms with Crippen LogP contribution in [0.3, 0.4) is 0 Å². The quantitative estimate of drug-likeness (QED) is 0.582. The predicted molar refractivity (Wildman–Crippen MR) is 116 cm³/mol. The minimum absolute atomic E-state index is 0.0251. The average molecular weight is 426 g/mol. The molecule has 0 atom stereocenters. The first kappa shape index (κ1) is 21.4. The Morgan fingerprint density at radius 1 is 0.867 bits per heavy atom. The molecule has 3 aromatic carbocycles. The van der Waals surface area contributed by atoms with E-state index in [2.05, 4.69) is 5.32 Å². The SMILES string of the molecule is COc1ccc(S(=O)(=O)Oc2cc(C)c(NC(=O)c3ccc(C)cc3)cc2C)cc1. The molecule has 0 aliphatic heterocycles. The number of amides is 1. The van der Waals surface area contributed by atoms with E-state index in [0.29, 0.717) is 28.1 Å². The molecule has 0 saturated carbocycles. The third-order valence-electron chi connectivity index (χ3n) is 4.63. The van der Waals surface area contributed by atoms with Crippen LogP contribution in [0.4, 0.5) is 5.69 Å². The van der Waals surface area contributed by atoms with Crippen molar-refractivity contribution in [3.05, 3.63) is 82.9 Å². The highest BCUT2D eigenvalue weighted by atomic mass is 32.2. The summed E-state index contributed by atoms with van der Waals surface area (Å²) in [4.78, 5) is 12.5. The Balaban J connectivity index is 1.81. The third-order valence-corrected chi connectivity index (χ3v) is 5.88. The molecule has 0 radical (unpaired) electrons. The lowest BCUT2D eigenvalue weighted by Gasteiger charge is -2.14. The maximum absolute atomic E-state index is 12.6. The molecule has 0 fully saturated rings. The topological polar surface area (TPSA) is 81.7 Å². The van der Waals surface area contributed by atoms with Crippen LogP contribution in [0.2, 0.25) is 0 Å². The Kier molecular flexibility index (Phi) is 6.12. The summed E-state index contributed by atoms with van der Waals surface area (Å²) in [6.07, 6.45) is 0. The van der Waals surface area contributed by atoms with E-state index in [-0.39, 0.29) is 16.6 Å². The summed E-state index contributed by atoms with van der Waals surface area (Å²) in [7, 11) is -2.50. The summed E-state index contributed by atoms with van der Waals surface area (Å²) in [5.74, 6) is 0.517. The van der Waals surface area contributed by atoms with Crippen molar-refractivity contribution in [3.63, 3.8) is 0 Å². The smallest absolute Gasteiger partial charge is 0.339 e. The fourth-order valence-corrected chi connectivity index (χ4v) is 3.80. The molecule has 1 amide bonds. The van der Waals surface area contributed by atoms with Crippen LogP contribution in [0.5, 0.6) is 11.5 Å². The highest BCUT2D eigenvalue weighted by Gasteiger charge is 2.19. The fraction of sp³-hybridized carbons (Fsp3) is 0.174. The largest absolute Gasteiger partial charge is 0.497 e. The van der Waals surface area contributed by atoms with Gasteiger partial charge in [0.1, 0.15) is 16.4 Å². The van der Waals surface area contributed by atoms with Gasteiger partial charge >= 0.3 is 10.1 Å². The zero-order valence-electron chi connectivity index (χ0n) is 17.2. The van der Waals surface area contributed by atoms with Crippen molar-refractivity contribution >= 4 is 21.7 Å². The normalized spacial score (nSPS) is 11.1. The Hall–Kier alpha value is -3.32. The number of hydrogen-bond acceptors (Lipinski definition) is 5. The van der Waals surface area contributed by atoms with Gasteiger partial charge in [0.25, 0.3) is 5.91 Å². The van der Waals surface area contributed by atoms with E-state index in [1.54, 1.807) is 50.2 Å². The number of hydrogen-bond donors (Lipinski definition) is 1. The number of benzene rings is 3. The first-order valence-corrected chi connectivity index (χ1v) is 10.7. The van der Waals surface area contributed by atoms with Crippen molar-refractivity contribution in [2.75, 3.05) is 12.4 Å². The van der Waals surface area contributed by atoms with Gasteiger partial charge in [0.05, 0.1) is 7.11 Å². The van der Waals surface area contributed by atoms with Crippen LogP contribution in [0, 0.1) is 20.8 Å². The molecule has 0 saturated heterocycles. The molecular weight excluding hydrogens is 402 g/mol. The molecule has 1 N–H and O–H groups in total. The van der Waals surface area contributed by atoms with Crippen molar-refractivity contribution in [1.82, 2.24) is 0 Å². The minimum Gasteiger partial charge on any atom is -0.497 e. The van der Waals surface area contributed by atoms with Crippen LogP contribution in [0.25, 0.3) is 0 Å². The summed E-state index contributed by atoms with van der Waals surface area (Å²) < 4.78 is 35.6. The molecule has 0 spiro atoms. The number of ether oxygens (including phenoxy) is 1. The van der Waals surface area contributed by atoms with Crippen LogP contribution in [0.15, 0.2) is 65.6 Å². The molecule has 3 rings (SSSR count). The molecule has 0 unspecified atom stereocenters. The summed E-state index contributed by atoms with van der Waals surface area (Å²) in [6, 6.07) is 16.5. The molecule has 0 aromatic heterocycles. The maximum atomic E-state index is 12.6. The van der Waals surface area contributed by atoms with Crippen molar-refractivity contribution < 1.29 is 22.1 Å². The van der Waals surface area contributed by atoms with Crippen LogP contribution >= 0.6 is 0 Å². The first-order chi connectivity index (χ1) is 14.2. The van der Waals surface area contributed by atoms with Crippen molar-refractivity contribution in [1.29, 1.82) is 0 Å². The molecule has 156 valence electrons. The Bertz CT molecular complexity index is 1170. The Morgan fingerprint density at radius 2 is 1.50 bits per heavy atom. The van der Waals surface area contributed by atoms with Gasteiger partial charge in [-0.15, -0.1) is 0 Å². The number of methoxy groups -OCH3 is 1. The fourth-order valence-electron chi connectivity index (χ4n) is 2.82. The van der Waals surface area contributed by atoms with Gasteiger partial charge in [-0.2, -0.15) is 8.42 Å². The molecule has 0 heterocycles. The van der Waals surface area contributed by atoms with E-state index in [1.165, 1.54) is 19.2 Å². The van der Waals surface area contributed by atoms with Gasteiger partial charge < -0.3 is 14.2 Å². The summed E-state index contributed by atoms with van der Waals surface area (Å²) in [5, 5.41) is 2.86. The Morgan fingerprint density at radius 3 is 2.10 bits per heavy atom. The van der Waals surface area contributed by atoms with E-state index < -0.39 is 10.1 Å². The molecular formula is C23H23NO5S. The van der Waals surface area contributed by atoms with E-state index in [9.17, 15) is 13.2 Å². The second kappa shape index (κ2) is 8.59. The van der Waals surface area contributed by atoms with Crippen LogP contribution in [-0.4, -0.2) is 21.4 Å². The summed E-state index contributed by atoms with van der Waals surface area (Å²) >= 11 is 0. The lowest BCUT2D eigenvalue weighted by atomic mass is 10.1. The zero-order valence-corrected chi connectivity index (χ0v) is 18.0. The van der Waals surface area contributed by atoms with Crippen molar-refractivity contribution in [3.8, 4) is 11.5 Å². The molecule has 30 heavy (non-hydrogen) atoms. The van der Waals surface area contributed by atoms with Crippen LogP contribution in [0.1, 0.15) is 27.0 Å². The van der Waals surface area contributed by atoms with Gasteiger partial charge in [-0.1, -0.05) is 17.7 Å². The minimum atomic E-state index is -4.00. The lowest BCUT2D eigenvalue weighted by molar-refractivity contribution is 0.102. The van der Waals surface area contributed by atoms with Gasteiger partial charge in [0.15, 0.2) is 0 Å². The molecule has 6 nitrogen and oxygen atoms in total. The number of nitrogens with one attached hydrogen (secondary N) is 1. The number of carbonyl (C=O) groups excluding carboxylic acids is 1. The first-order valence-electron chi connectivity index (χ1n) is 9.27. The second-order valence-electron chi connectivity index (χ2n) is 6.97. The number of carbonyl (C=O) groups is 1. The molecule has 0 aliphatic rings. The third kappa shape index (κ3) is 4.80. The molecule has 0 bridgehead atoms. The van der Waals surface area contributed by atoms with Crippen molar-refractivity contribution in [2.45, 2.75) is 25.7 Å². The zero-order chi connectivity index (χ0) is 21.9. The summed E-state index contributed by atoms with van der Waals surface area (Å²) in [6.45, 7) is 5.45.